The quantitative estimate of drug-likeness (QED) is 0.634. The third kappa shape index (κ3) is 3.32. The van der Waals surface area contributed by atoms with Crippen LogP contribution in [0.1, 0.15) is 22.3 Å². The van der Waals surface area contributed by atoms with Crippen LogP contribution in [0.3, 0.4) is 0 Å². The van der Waals surface area contributed by atoms with Crippen LogP contribution in [0.5, 0.6) is 0 Å². The minimum Gasteiger partial charge on any atom is -0.448 e. The Bertz CT molecular complexity index is 472. The molecule has 0 aliphatic carbocycles. The van der Waals surface area contributed by atoms with Crippen molar-refractivity contribution in [1.82, 2.24) is 5.32 Å². The summed E-state index contributed by atoms with van der Waals surface area (Å²) in [6.45, 7) is 1.11. The molecule has 0 bridgehead atoms. The summed E-state index contributed by atoms with van der Waals surface area (Å²) in [4.78, 5) is 23.6. The molecular formula is C14H17NO4. The van der Waals surface area contributed by atoms with E-state index in [2.05, 4.69) is 5.32 Å². The molecule has 0 saturated carbocycles. The standard InChI is InChI=1S/C14H17NO4/c1-18-8-4-7-15-13(16)12-9-10-5-2-3-6-11(10)14(17)19-12/h2-3,5-6,12H,4,7-9H2,1H3,(H,15,16). The SMILES string of the molecule is COCCCNC(=O)C1Cc2ccccc2C(=O)O1. The van der Waals surface area contributed by atoms with E-state index in [9.17, 15) is 9.59 Å². The van der Waals surface area contributed by atoms with Crippen LogP contribution < -0.4 is 5.32 Å². The number of cyclic esters (lactones) is 1. The van der Waals surface area contributed by atoms with Crippen LogP contribution in [-0.4, -0.2) is 38.2 Å². The van der Waals surface area contributed by atoms with Crippen molar-refractivity contribution in [2.75, 3.05) is 20.3 Å². The van der Waals surface area contributed by atoms with E-state index < -0.39 is 12.1 Å². The Kier molecular flexibility index (Phi) is 4.52. The number of carbonyl (C=O) groups excluding carboxylic acids is 2. The molecule has 1 N–H and O–H groups in total. The van der Waals surface area contributed by atoms with Crippen molar-refractivity contribution < 1.29 is 19.1 Å². The molecule has 1 aliphatic heterocycles. The van der Waals surface area contributed by atoms with Gasteiger partial charge in [0.2, 0.25) is 0 Å². The molecule has 0 spiro atoms. The fourth-order valence-electron chi connectivity index (χ4n) is 2.02. The maximum atomic E-state index is 11.9. The Morgan fingerprint density at radius 1 is 1.47 bits per heavy atom. The highest BCUT2D eigenvalue weighted by Gasteiger charge is 2.30. The van der Waals surface area contributed by atoms with Gasteiger partial charge in [0.1, 0.15) is 0 Å². The van der Waals surface area contributed by atoms with Crippen LogP contribution in [0.15, 0.2) is 24.3 Å². The van der Waals surface area contributed by atoms with Gasteiger partial charge in [-0.1, -0.05) is 18.2 Å². The first-order valence-corrected chi connectivity index (χ1v) is 6.28. The minimum absolute atomic E-state index is 0.251. The van der Waals surface area contributed by atoms with E-state index >= 15 is 0 Å². The second kappa shape index (κ2) is 6.33. The Hall–Kier alpha value is -1.88. The highest BCUT2D eigenvalue weighted by Crippen LogP contribution is 2.20. The van der Waals surface area contributed by atoms with E-state index in [-0.39, 0.29) is 5.91 Å². The number of ether oxygens (including phenoxy) is 2. The van der Waals surface area contributed by atoms with Crippen molar-refractivity contribution >= 4 is 11.9 Å². The number of methoxy groups -OCH3 is 1. The largest absolute Gasteiger partial charge is 0.448 e. The Morgan fingerprint density at radius 3 is 3.05 bits per heavy atom. The molecule has 2 rings (SSSR count). The van der Waals surface area contributed by atoms with Gasteiger partial charge in [0.15, 0.2) is 6.10 Å². The fourth-order valence-corrected chi connectivity index (χ4v) is 2.02. The molecule has 5 heteroatoms. The van der Waals surface area contributed by atoms with Crippen molar-refractivity contribution in [3.05, 3.63) is 35.4 Å². The Morgan fingerprint density at radius 2 is 2.26 bits per heavy atom. The number of amides is 1. The second-order valence-corrected chi connectivity index (χ2v) is 4.39. The lowest BCUT2D eigenvalue weighted by atomic mass is 9.98. The third-order valence-corrected chi connectivity index (χ3v) is 3.01. The molecular weight excluding hydrogens is 246 g/mol. The van der Waals surface area contributed by atoms with E-state index in [4.69, 9.17) is 9.47 Å². The van der Waals surface area contributed by atoms with Crippen LogP contribution in [0.4, 0.5) is 0 Å². The summed E-state index contributed by atoms with van der Waals surface area (Å²) < 4.78 is 10.0. The summed E-state index contributed by atoms with van der Waals surface area (Å²) in [6.07, 6.45) is 0.433. The fraction of sp³-hybridized carbons (Fsp3) is 0.429. The average Bonchev–Trinajstić information content (AvgIpc) is 2.43. The van der Waals surface area contributed by atoms with Gasteiger partial charge in [-0.25, -0.2) is 4.79 Å². The molecule has 0 aromatic heterocycles. The highest BCUT2D eigenvalue weighted by atomic mass is 16.5. The van der Waals surface area contributed by atoms with E-state index in [1.165, 1.54) is 0 Å². The van der Waals surface area contributed by atoms with Crippen LogP contribution in [-0.2, 0) is 20.7 Å². The molecule has 1 amide bonds. The van der Waals surface area contributed by atoms with Gasteiger partial charge in [-0.2, -0.15) is 0 Å². The zero-order chi connectivity index (χ0) is 13.7. The maximum Gasteiger partial charge on any atom is 0.339 e. The maximum absolute atomic E-state index is 11.9. The van der Waals surface area contributed by atoms with Crippen LogP contribution >= 0.6 is 0 Å². The first kappa shape index (κ1) is 13.5. The third-order valence-electron chi connectivity index (χ3n) is 3.01. The molecule has 0 fully saturated rings. The predicted molar refractivity (Wildman–Crippen MR) is 68.9 cm³/mol. The summed E-state index contributed by atoms with van der Waals surface area (Å²) >= 11 is 0. The molecule has 0 radical (unpaired) electrons. The number of carbonyl (C=O) groups is 2. The number of esters is 1. The molecule has 1 aromatic rings. The van der Waals surface area contributed by atoms with Gasteiger partial charge in [-0.05, 0) is 18.1 Å². The van der Waals surface area contributed by atoms with Gasteiger partial charge in [0, 0.05) is 26.7 Å². The zero-order valence-electron chi connectivity index (χ0n) is 10.8. The van der Waals surface area contributed by atoms with Crippen LogP contribution in [0.2, 0.25) is 0 Å². The zero-order valence-corrected chi connectivity index (χ0v) is 10.8. The van der Waals surface area contributed by atoms with Gasteiger partial charge in [-0.15, -0.1) is 0 Å². The molecule has 102 valence electrons. The number of hydrogen-bond donors (Lipinski definition) is 1. The van der Waals surface area contributed by atoms with Crippen molar-refractivity contribution in [2.24, 2.45) is 0 Å². The first-order valence-electron chi connectivity index (χ1n) is 6.28. The van der Waals surface area contributed by atoms with Crippen molar-refractivity contribution in [3.8, 4) is 0 Å². The van der Waals surface area contributed by atoms with E-state index in [0.717, 1.165) is 12.0 Å². The Labute approximate surface area is 111 Å². The molecule has 0 saturated heterocycles. The number of benzene rings is 1. The lowest BCUT2D eigenvalue weighted by Crippen LogP contribution is -2.42. The Balaban J connectivity index is 1.93. The lowest BCUT2D eigenvalue weighted by molar-refractivity contribution is -0.130. The highest BCUT2D eigenvalue weighted by molar-refractivity contribution is 5.95. The van der Waals surface area contributed by atoms with Gasteiger partial charge >= 0.3 is 5.97 Å². The average molecular weight is 263 g/mol. The number of hydrogen-bond acceptors (Lipinski definition) is 4. The summed E-state index contributed by atoms with van der Waals surface area (Å²) in [5, 5.41) is 2.74. The molecule has 19 heavy (non-hydrogen) atoms. The van der Waals surface area contributed by atoms with Gasteiger partial charge in [0.25, 0.3) is 5.91 Å². The van der Waals surface area contributed by atoms with Crippen LogP contribution in [0.25, 0.3) is 0 Å². The molecule has 1 atom stereocenters. The number of fused-ring (bicyclic) bond motifs is 1. The summed E-state index contributed by atoms with van der Waals surface area (Å²) in [6, 6.07) is 7.20. The summed E-state index contributed by atoms with van der Waals surface area (Å²) in [7, 11) is 1.61. The summed E-state index contributed by atoms with van der Waals surface area (Å²) in [5.41, 5.74) is 1.40. The van der Waals surface area contributed by atoms with Gasteiger partial charge in [0.05, 0.1) is 5.56 Å². The van der Waals surface area contributed by atoms with E-state index in [0.29, 0.717) is 25.1 Å². The number of rotatable bonds is 5. The summed E-state index contributed by atoms with van der Waals surface area (Å²) in [5.74, 6) is -0.683. The first-order chi connectivity index (χ1) is 9.22. The molecule has 1 aliphatic rings. The minimum atomic E-state index is -0.732. The number of nitrogens with one attached hydrogen (secondary N) is 1. The molecule has 1 unspecified atom stereocenters. The van der Waals surface area contributed by atoms with E-state index in [1.54, 1.807) is 19.2 Å². The van der Waals surface area contributed by atoms with Crippen molar-refractivity contribution in [3.63, 3.8) is 0 Å². The second-order valence-electron chi connectivity index (χ2n) is 4.39. The van der Waals surface area contributed by atoms with Crippen molar-refractivity contribution in [1.29, 1.82) is 0 Å². The normalized spacial score (nSPS) is 17.5. The molecule has 1 heterocycles. The topological polar surface area (TPSA) is 64.6 Å². The van der Waals surface area contributed by atoms with Crippen molar-refractivity contribution in [2.45, 2.75) is 18.9 Å². The monoisotopic (exact) mass is 263 g/mol. The van der Waals surface area contributed by atoms with Gasteiger partial charge < -0.3 is 14.8 Å². The van der Waals surface area contributed by atoms with Gasteiger partial charge in [-0.3, -0.25) is 4.79 Å². The van der Waals surface area contributed by atoms with E-state index in [1.807, 2.05) is 12.1 Å². The lowest BCUT2D eigenvalue weighted by Gasteiger charge is -2.23. The predicted octanol–water partition coefficient (Wildman–Crippen LogP) is 0.921. The molecule has 5 nitrogen and oxygen atoms in total. The smallest absolute Gasteiger partial charge is 0.339 e. The van der Waals surface area contributed by atoms with Crippen LogP contribution in [0, 0.1) is 0 Å². The molecule has 1 aromatic carbocycles.